The van der Waals surface area contributed by atoms with Gasteiger partial charge in [-0.1, -0.05) is 61.0 Å². The molecule has 0 heterocycles. The minimum Gasteiger partial charge on any atom is -0.484 e. The van der Waals surface area contributed by atoms with Crippen molar-refractivity contribution in [2.24, 2.45) is 0 Å². The van der Waals surface area contributed by atoms with Gasteiger partial charge >= 0.3 is 0 Å². The highest BCUT2D eigenvalue weighted by molar-refractivity contribution is 6.30. The van der Waals surface area contributed by atoms with Crippen molar-refractivity contribution in [1.82, 2.24) is 10.2 Å². The average molecular weight is 497 g/mol. The predicted octanol–water partition coefficient (Wildman–Crippen LogP) is 5.41. The normalized spacial score (nSPS) is 12.5. The van der Waals surface area contributed by atoms with E-state index in [4.69, 9.17) is 16.3 Å². The Hall–Kier alpha value is -3.38. The van der Waals surface area contributed by atoms with Crippen LogP contribution < -0.4 is 10.1 Å². The summed E-state index contributed by atoms with van der Waals surface area (Å²) in [4.78, 5) is 28.4. The first kappa shape index (κ1) is 26.2. The first-order chi connectivity index (χ1) is 16.9. The fourth-order valence-electron chi connectivity index (χ4n) is 3.54. The average Bonchev–Trinajstić information content (AvgIpc) is 2.87. The van der Waals surface area contributed by atoms with E-state index in [0.29, 0.717) is 22.8 Å². The predicted molar refractivity (Wildman–Crippen MR) is 136 cm³/mol. The minimum atomic E-state index is -0.780. The number of rotatable bonds is 11. The number of nitrogens with zero attached hydrogens (tertiary/aromatic N) is 1. The van der Waals surface area contributed by atoms with Crippen molar-refractivity contribution >= 4 is 23.4 Å². The highest BCUT2D eigenvalue weighted by Gasteiger charge is 2.31. The van der Waals surface area contributed by atoms with Crippen molar-refractivity contribution in [2.45, 2.75) is 45.3 Å². The molecule has 0 unspecified atom stereocenters. The molecule has 0 aliphatic carbocycles. The Balaban J connectivity index is 1.89. The van der Waals surface area contributed by atoms with Gasteiger partial charge < -0.3 is 15.0 Å². The second-order valence-corrected chi connectivity index (χ2v) is 8.85. The SMILES string of the molecule is CC[C@H](C)NC(=O)[C@@H](Cc1ccccc1)N(Cc1ccc(F)cc1)C(=O)COc1ccc(Cl)cc1. The molecule has 3 aromatic rings. The zero-order valence-corrected chi connectivity index (χ0v) is 20.7. The van der Waals surface area contributed by atoms with E-state index in [1.54, 1.807) is 36.4 Å². The highest BCUT2D eigenvalue weighted by atomic mass is 35.5. The molecule has 1 N–H and O–H groups in total. The maximum atomic E-state index is 13.5. The van der Waals surface area contributed by atoms with Gasteiger partial charge in [0.15, 0.2) is 6.61 Å². The molecule has 0 bridgehead atoms. The van der Waals surface area contributed by atoms with Crippen LogP contribution in [0, 0.1) is 5.82 Å². The summed E-state index contributed by atoms with van der Waals surface area (Å²) in [5.41, 5.74) is 1.63. The summed E-state index contributed by atoms with van der Waals surface area (Å²) in [6.45, 7) is 3.78. The van der Waals surface area contributed by atoms with E-state index in [1.165, 1.54) is 17.0 Å². The van der Waals surface area contributed by atoms with Crippen LogP contribution in [0.3, 0.4) is 0 Å². The third-order valence-electron chi connectivity index (χ3n) is 5.71. The fraction of sp³-hybridized carbons (Fsp3) is 0.286. The van der Waals surface area contributed by atoms with Crippen molar-refractivity contribution in [1.29, 1.82) is 0 Å². The van der Waals surface area contributed by atoms with Crippen LogP contribution in [0.1, 0.15) is 31.4 Å². The number of benzene rings is 3. The first-order valence-corrected chi connectivity index (χ1v) is 12.0. The van der Waals surface area contributed by atoms with E-state index >= 15 is 0 Å². The molecule has 2 amide bonds. The summed E-state index contributed by atoms with van der Waals surface area (Å²) in [6.07, 6.45) is 1.09. The standard InChI is InChI=1S/C28H30ClFN2O3/c1-3-20(2)31-28(34)26(17-21-7-5-4-6-8-21)32(18-22-9-13-24(30)14-10-22)27(33)19-35-25-15-11-23(29)12-16-25/h4-16,20,26H,3,17-19H2,1-2H3,(H,31,34)/t20-,26+/m0/s1. The summed E-state index contributed by atoms with van der Waals surface area (Å²) >= 11 is 5.93. The van der Waals surface area contributed by atoms with Crippen molar-refractivity contribution < 1.29 is 18.7 Å². The first-order valence-electron chi connectivity index (χ1n) is 11.6. The van der Waals surface area contributed by atoms with Gasteiger partial charge in [-0.3, -0.25) is 9.59 Å². The molecule has 3 rings (SSSR count). The Bertz CT molecular complexity index is 1090. The lowest BCUT2D eigenvalue weighted by Crippen LogP contribution is -2.53. The number of hydrogen-bond acceptors (Lipinski definition) is 3. The number of hydrogen-bond donors (Lipinski definition) is 1. The molecule has 3 aromatic carbocycles. The lowest BCUT2D eigenvalue weighted by molar-refractivity contribution is -0.143. The van der Waals surface area contributed by atoms with Crippen LogP contribution in [0.15, 0.2) is 78.9 Å². The lowest BCUT2D eigenvalue weighted by atomic mass is 10.0. The van der Waals surface area contributed by atoms with Gasteiger partial charge in [0.05, 0.1) is 0 Å². The summed E-state index contributed by atoms with van der Waals surface area (Å²) in [6, 6.07) is 21.3. The van der Waals surface area contributed by atoms with Crippen LogP contribution in [-0.2, 0) is 22.6 Å². The van der Waals surface area contributed by atoms with Crippen LogP contribution in [0.5, 0.6) is 5.75 Å². The van der Waals surface area contributed by atoms with Gasteiger partial charge in [-0.25, -0.2) is 4.39 Å². The third kappa shape index (κ3) is 8.11. The van der Waals surface area contributed by atoms with Gasteiger partial charge in [0.25, 0.3) is 5.91 Å². The van der Waals surface area contributed by atoms with Crippen LogP contribution in [0.2, 0.25) is 5.02 Å². The summed E-state index contributed by atoms with van der Waals surface area (Å²) in [5, 5.41) is 3.57. The number of carbonyl (C=O) groups excluding carboxylic acids is 2. The zero-order valence-electron chi connectivity index (χ0n) is 19.9. The Labute approximate surface area is 210 Å². The van der Waals surface area contributed by atoms with Crippen molar-refractivity contribution in [2.75, 3.05) is 6.61 Å². The fourth-order valence-corrected chi connectivity index (χ4v) is 3.67. The molecule has 0 saturated heterocycles. The largest absolute Gasteiger partial charge is 0.484 e. The van der Waals surface area contributed by atoms with E-state index in [0.717, 1.165) is 12.0 Å². The molecule has 35 heavy (non-hydrogen) atoms. The van der Waals surface area contributed by atoms with Crippen LogP contribution in [-0.4, -0.2) is 35.4 Å². The maximum Gasteiger partial charge on any atom is 0.261 e. The number of ether oxygens (including phenoxy) is 1. The summed E-state index contributed by atoms with van der Waals surface area (Å²) in [5.74, 6) is -0.476. The smallest absolute Gasteiger partial charge is 0.261 e. The molecule has 7 heteroatoms. The van der Waals surface area contributed by atoms with Crippen molar-refractivity contribution in [3.8, 4) is 5.75 Å². The summed E-state index contributed by atoms with van der Waals surface area (Å²) < 4.78 is 19.2. The molecular formula is C28H30ClFN2O3. The molecule has 0 aliphatic rings. The van der Waals surface area contributed by atoms with E-state index in [-0.39, 0.29) is 36.8 Å². The van der Waals surface area contributed by atoms with Crippen LogP contribution >= 0.6 is 11.6 Å². The number of carbonyl (C=O) groups is 2. The Morgan fingerprint density at radius 1 is 0.971 bits per heavy atom. The molecule has 184 valence electrons. The minimum absolute atomic E-state index is 0.0473. The van der Waals surface area contributed by atoms with Gasteiger partial charge in [-0.2, -0.15) is 0 Å². The second kappa shape index (κ2) is 12.9. The van der Waals surface area contributed by atoms with Gasteiger partial charge in [0.1, 0.15) is 17.6 Å². The Kier molecular flexibility index (Phi) is 9.67. The lowest BCUT2D eigenvalue weighted by Gasteiger charge is -2.32. The Morgan fingerprint density at radius 2 is 1.63 bits per heavy atom. The second-order valence-electron chi connectivity index (χ2n) is 8.41. The van der Waals surface area contributed by atoms with Gasteiger partial charge in [-0.15, -0.1) is 0 Å². The molecule has 0 spiro atoms. The van der Waals surface area contributed by atoms with Gasteiger partial charge in [0, 0.05) is 24.0 Å². The number of halogens is 2. The monoisotopic (exact) mass is 496 g/mol. The van der Waals surface area contributed by atoms with E-state index in [9.17, 15) is 14.0 Å². The van der Waals surface area contributed by atoms with Crippen LogP contribution in [0.25, 0.3) is 0 Å². The molecule has 2 atom stereocenters. The molecule has 0 aliphatic heterocycles. The van der Waals surface area contributed by atoms with Gasteiger partial charge in [-0.05, 0) is 60.9 Å². The van der Waals surface area contributed by atoms with Crippen molar-refractivity contribution in [3.05, 3.63) is 101 Å². The number of nitrogens with one attached hydrogen (secondary N) is 1. The topological polar surface area (TPSA) is 58.6 Å². The molecule has 0 saturated carbocycles. The van der Waals surface area contributed by atoms with Crippen LogP contribution in [0.4, 0.5) is 4.39 Å². The van der Waals surface area contributed by atoms with E-state index in [1.807, 2.05) is 44.2 Å². The highest BCUT2D eigenvalue weighted by Crippen LogP contribution is 2.18. The molecule has 0 aromatic heterocycles. The molecule has 5 nitrogen and oxygen atoms in total. The van der Waals surface area contributed by atoms with Gasteiger partial charge in [0.2, 0.25) is 5.91 Å². The summed E-state index contributed by atoms with van der Waals surface area (Å²) in [7, 11) is 0. The van der Waals surface area contributed by atoms with E-state index < -0.39 is 6.04 Å². The quantitative estimate of drug-likeness (QED) is 0.386. The maximum absolute atomic E-state index is 13.5. The number of amides is 2. The molecular weight excluding hydrogens is 467 g/mol. The third-order valence-corrected chi connectivity index (χ3v) is 5.97. The Morgan fingerprint density at radius 3 is 2.26 bits per heavy atom. The molecule has 0 fully saturated rings. The molecule has 0 radical (unpaired) electrons. The van der Waals surface area contributed by atoms with Crippen molar-refractivity contribution in [3.63, 3.8) is 0 Å². The van der Waals surface area contributed by atoms with E-state index in [2.05, 4.69) is 5.32 Å². The zero-order chi connectivity index (χ0) is 25.2.